The number of nitrogens with zero attached hydrogens (tertiary/aromatic N) is 3. The number of rotatable bonds is 2. The van der Waals surface area contributed by atoms with Gasteiger partial charge in [-0.2, -0.15) is 0 Å². The Balaban J connectivity index is 0.00000108. The molecule has 0 atom stereocenters. The van der Waals surface area contributed by atoms with E-state index in [0.717, 1.165) is 32.1 Å². The van der Waals surface area contributed by atoms with Crippen molar-refractivity contribution in [1.29, 1.82) is 0 Å². The highest BCUT2D eigenvalue weighted by Crippen LogP contribution is 2.35. The van der Waals surface area contributed by atoms with Crippen molar-refractivity contribution < 1.29 is 4.74 Å². The lowest BCUT2D eigenvalue weighted by Gasteiger charge is -2.29. The lowest BCUT2D eigenvalue weighted by atomic mass is 9.83. The minimum atomic E-state index is 0. The molecule has 0 radical (unpaired) electrons. The van der Waals surface area contributed by atoms with Gasteiger partial charge in [-0.1, -0.05) is 6.42 Å². The Morgan fingerprint density at radius 2 is 1.94 bits per heavy atom. The van der Waals surface area contributed by atoms with Crippen molar-refractivity contribution in [3.8, 4) is 0 Å². The summed E-state index contributed by atoms with van der Waals surface area (Å²) >= 11 is 0. The number of ether oxygens (including phenoxy) is 1. The van der Waals surface area contributed by atoms with Crippen LogP contribution in [0.5, 0.6) is 0 Å². The molecule has 94 valence electrons. The van der Waals surface area contributed by atoms with Crippen LogP contribution in [0.4, 0.5) is 5.82 Å². The average molecular weight is 256 g/mol. The summed E-state index contributed by atoms with van der Waals surface area (Å²) in [7, 11) is 0. The second kappa shape index (κ2) is 5.65. The Morgan fingerprint density at radius 3 is 2.59 bits per heavy atom. The number of hydrogen-bond donors (Lipinski definition) is 0. The van der Waals surface area contributed by atoms with E-state index in [2.05, 4.69) is 20.9 Å². The van der Waals surface area contributed by atoms with Gasteiger partial charge in [-0.25, -0.2) is 9.97 Å². The number of halogens is 1. The van der Waals surface area contributed by atoms with Crippen LogP contribution in [0.1, 0.15) is 30.9 Å². The van der Waals surface area contributed by atoms with Crippen molar-refractivity contribution in [3.05, 3.63) is 18.1 Å². The fraction of sp³-hybridized carbons (Fsp3) is 0.667. The zero-order valence-electron chi connectivity index (χ0n) is 9.84. The molecule has 0 bridgehead atoms. The Hall–Kier alpha value is -0.870. The van der Waals surface area contributed by atoms with Gasteiger partial charge in [0.15, 0.2) is 0 Å². The highest BCUT2D eigenvalue weighted by molar-refractivity contribution is 5.85. The second-order valence-electron chi connectivity index (χ2n) is 4.53. The molecule has 0 unspecified atom stereocenters. The topological polar surface area (TPSA) is 38.2 Å². The molecular formula is C12H18ClN3O. The summed E-state index contributed by atoms with van der Waals surface area (Å²) in [6, 6.07) is 2.16. The third-order valence-electron chi connectivity index (χ3n) is 3.53. The second-order valence-corrected chi connectivity index (χ2v) is 4.53. The number of hydrogen-bond acceptors (Lipinski definition) is 4. The van der Waals surface area contributed by atoms with Gasteiger partial charge in [0.25, 0.3) is 0 Å². The van der Waals surface area contributed by atoms with E-state index in [0.29, 0.717) is 5.92 Å². The summed E-state index contributed by atoms with van der Waals surface area (Å²) < 4.78 is 5.35. The Kier molecular flexibility index (Phi) is 4.18. The molecule has 2 fully saturated rings. The summed E-state index contributed by atoms with van der Waals surface area (Å²) in [4.78, 5) is 11.0. The molecule has 1 aromatic rings. The quantitative estimate of drug-likeness (QED) is 0.810. The molecule has 5 heteroatoms. The van der Waals surface area contributed by atoms with Gasteiger partial charge >= 0.3 is 0 Å². The third kappa shape index (κ3) is 2.69. The van der Waals surface area contributed by atoms with Crippen LogP contribution in [0.25, 0.3) is 0 Å². The Labute approximate surface area is 108 Å². The van der Waals surface area contributed by atoms with Crippen molar-refractivity contribution in [1.82, 2.24) is 9.97 Å². The first kappa shape index (κ1) is 12.6. The minimum absolute atomic E-state index is 0. The van der Waals surface area contributed by atoms with E-state index in [9.17, 15) is 0 Å². The molecule has 1 saturated carbocycles. The van der Waals surface area contributed by atoms with Gasteiger partial charge in [0, 0.05) is 30.8 Å². The van der Waals surface area contributed by atoms with Crippen molar-refractivity contribution in [2.45, 2.75) is 25.2 Å². The molecule has 0 spiro atoms. The van der Waals surface area contributed by atoms with E-state index in [-0.39, 0.29) is 12.4 Å². The fourth-order valence-electron chi connectivity index (χ4n) is 2.25. The maximum Gasteiger partial charge on any atom is 0.132 e. The maximum absolute atomic E-state index is 5.35. The zero-order valence-corrected chi connectivity index (χ0v) is 10.7. The van der Waals surface area contributed by atoms with E-state index in [1.54, 1.807) is 6.33 Å². The van der Waals surface area contributed by atoms with Gasteiger partial charge in [0.1, 0.15) is 12.1 Å². The molecule has 0 N–H and O–H groups in total. The van der Waals surface area contributed by atoms with Gasteiger partial charge in [-0.3, -0.25) is 0 Å². The lowest BCUT2D eigenvalue weighted by Crippen LogP contribution is -2.36. The van der Waals surface area contributed by atoms with E-state index in [1.165, 1.54) is 25.0 Å². The van der Waals surface area contributed by atoms with Crippen LogP contribution in [0.3, 0.4) is 0 Å². The van der Waals surface area contributed by atoms with Crippen molar-refractivity contribution >= 4 is 18.2 Å². The smallest absolute Gasteiger partial charge is 0.132 e. The molecule has 1 aliphatic carbocycles. The molecule has 2 aliphatic rings. The standard InChI is InChI=1S/C12H17N3O.ClH/c1-2-10(3-1)11-8-12(14-9-13-11)15-4-6-16-7-5-15;/h8-10H,1-7H2;1H. The Bertz CT molecular complexity index is 365. The molecule has 1 aromatic heterocycles. The molecule has 3 rings (SSSR count). The van der Waals surface area contributed by atoms with E-state index >= 15 is 0 Å². The normalized spacial score (nSPS) is 20.6. The van der Waals surface area contributed by atoms with Crippen LogP contribution < -0.4 is 4.90 Å². The van der Waals surface area contributed by atoms with Crippen LogP contribution >= 0.6 is 12.4 Å². The van der Waals surface area contributed by atoms with Crippen LogP contribution in [0, 0.1) is 0 Å². The summed E-state index contributed by atoms with van der Waals surface area (Å²) in [5, 5.41) is 0. The van der Waals surface area contributed by atoms with Gasteiger partial charge in [-0.15, -0.1) is 12.4 Å². The number of aromatic nitrogens is 2. The van der Waals surface area contributed by atoms with Crippen LogP contribution in [-0.2, 0) is 4.74 Å². The van der Waals surface area contributed by atoms with E-state index < -0.39 is 0 Å². The molecule has 1 saturated heterocycles. The van der Waals surface area contributed by atoms with Gasteiger partial charge in [0.2, 0.25) is 0 Å². The van der Waals surface area contributed by atoms with Crippen molar-refractivity contribution in [2.75, 3.05) is 31.2 Å². The van der Waals surface area contributed by atoms with Gasteiger partial charge in [0.05, 0.1) is 13.2 Å². The summed E-state index contributed by atoms with van der Waals surface area (Å²) in [5.74, 6) is 1.75. The summed E-state index contributed by atoms with van der Waals surface area (Å²) in [5.41, 5.74) is 1.22. The van der Waals surface area contributed by atoms with Crippen molar-refractivity contribution in [2.24, 2.45) is 0 Å². The molecule has 1 aliphatic heterocycles. The first-order valence-electron chi connectivity index (χ1n) is 6.08. The molecule has 2 heterocycles. The van der Waals surface area contributed by atoms with Gasteiger partial charge < -0.3 is 9.64 Å². The molecule has 17 heavy (non-hydrogen) atoms. The average Bonchev–Trinajstić information content (AvgIpc) is 2.28. The highest BCUT2D eigenvalue weighted by Gasteiger charge is 2.22. The number of anilines is 1. The largest absolute Gasteiger partial charge is 0.378 e. The fourth-order valence-corrected chi connectivity index (χ4v) is 2.25. The predicted octanol–water partition coefficient (Wildman–Crippen LogP) is 2.00. The third-order valence-corrected chi connectivity index (χ3v) is 3.53. The maximum atomic E-state index is 5.35. The summed E-state index contributed by atoms with van der Waals surface area (Å²) in [6.07, 6.45) is 5.64. The van der Waals surface area contributed by atoms with Crippen LogP contribution in [-0.4, -0.2) is 36.3 Å². The highest BCUT2D eigenvalue weighted by atomic mass is 35.5. The van der Waals surface area contributed by atoms with E-state index in [1.807, 2.05) is 0 Å². The minimum Gasteiger partial charge on any atom is -0.378 e. The first-order chi connectivity index (χ1) is 7.93. The van der Waals surface area contributed by atoms with Crippen LogP contribution in [0.2, 0.25) is 0 Å². The zero-order chi connectivity index (χ0) is 10.8. The molecule has 0 amide bonds. The SMILES string of the molecule is Cl.c1nc(C2CCC2)cc(N2CCOCC2)n1. The van der Waals surface area contributed by atoms with Crippen molar-refractivity contribution in [3.63, 3.8) is 0 Å². The molecule has 4 nitrogen and oxygen atoms in total. The molecular weight excluding hydrogens is 238 g/mol. The number of morpholine rings is 1. The lowest BCUT2D eigenvalue weighted by molar-refractivity contribution is 0.122. The van der Waals surface area contributed by atoms with E-state index in [4.69, 9.17) is 4.74 Å². The Morgan fingerprint density at radius 1 is 1.18 bits per heavy atom. The summed E-state index contributed by atoms with van der Waals surface area (Å²) in [6.45, 7) is 3.51. The van der Waals surface area contributed by atoms with Gasteiger partial charge in [-0.05, 0) is 12.8 Å². The van der Waals surface area contributed by atoms with Crippen LogP contribution in [0.15, 0.2) is 12.4 Å². The molecule has 0 aromatic carbocycles. The predicted molar refractivity (Wildman–Crippen MR) is 68.9 cm³/mol. The first-order valence-corrected chi connectivity index (χ1v) is 6.08. The monoisotopic (exact) mass is 255 g/mol.